The van der Waals surface area contributed by atoms with Crippen molar-refractivity contribution < 1.29 is 17.3 Å². The molecule has 1 unspecified atom stereocenters. The molecular weight excluding hydrogens is 540 g/mol. The molecule has 0 fully saturated rings. The van der Waals surface area contributed by atoms with Crippen LogP contribution in [0.1, 0.15) is 22.6 Å². The third-order valence-corrected chi connectivity index (χ3v) is 8.19. The molecule has 5 rings (SSSR count). The van der Waals surface area contributed by atoms with Crippen LogP contribution in [0.2, 0.25) is 5.02 Å². The highest BCUT2D eigenvalue weighted by atomic mass is 79.9. The van der Waals surface area contributed by atoms with Crippen LogP contribution in [0.4, 0.5) is 0 Å². The number of ether oxygens (including phenoxy) is 1. The van der Waals surface area contributed by atoms with Gasteiger partial charge < -0.3 is 8.92 Å². The first-order valence-corrected chi connectivity index (χ1v) is 13.2. The third kappa shape index (κ3) is 4.10. The Morgan fingerprint density at radius 1 is 1.12 bits per heavy atom. The number of nitrogens with zero attached hydrogens (tertiary/aromatic N) is 2. The summed E-state index contributed by atoms with van der Waals surface area (Å²) in [6.07, 6.45) is 0. The van der Waals surface area contributed by atoms with Crippen molar-refractivity contribution in [3.8, 4) is 28.6 Å². The first-order valence-electron chi connectivity index (χ1n) is 10.5. The highest BCUT2D eigenvalue weighted by Crippen LogP contribution is 2.46. The molecule has 0 saturated heterocycles. The SMILES string of the molecule is COc1ccc(-c2nn(-c3ccccc3Cl)c3c2C(c2ccc(Br)c(C)c2)CS(=O)(=O)O3)cc1. The standard InChI is InChI=1S/C25H20BrClN2O4S/c1-15-13-17(9-12-20(15)26)19-14-34(30,31)33-25-23(19)24(16-7-10-18(32-2)11-8-16)28-29(25)22-6-4-3-5-21(22)27/h3-13,19H,14H2,1-2H3. The lowest BCUT2D eigenvalue weighted by molar-refractivity contribution is 0.415. The monoisotopic (exact) mass is 558 g/mol. The molecule has 174 valence electrons. The zero-order valence-electron chi connectivity index (χ0n) is 18.3. The second-order valence-electron chi connectivity index (χ2n) is 8.03. The Morgan fingerprint density at radius 2 is 1.85 bits per heavy atom. The largest absolute Gasteiger partial charge is 0.497 e. The molecule has 1 aliphatic heterocycles. The Labute approximate surface area is 211 Å². The molecule has 0 aliphatic carbocycles. The normalized spacial score (nSPS) is 16.5. The molecule has 0 spiro atoms. The van der Waals surface area contributed by atoms with Gasteiger partial charge >= 0.3 is 10.1 Å². The zero-order chi connectivity index (χ0) is 24.0. The maximum Gasteiger partial charge on any atom is 0.311 e. The quantitative estimate of drug-likeness (QED) is 0.282. The average Bonchev–Trinajstić information content (AvgIpc) is 3.18. The van der Waals surface area contributed by atoms with Crippen LogP contribution in [0.25, 0.3) is 16.9 Å². The number of hydrogen-bond donors (Lipinski definition) is 0. The Hall–Kier alpha value is -2.81. The van der Waals surface area contributed by atoms with Crippen molar-refractivity contribution >= 4 is 37.6 Å². The summed E-state index contributed by atoms with van der Waals surface area (Å²) in [6, 6.07) is 20.4. The number of hydrogen-bond acceptors (Lipinski definition) is 5. The van der Waals surface area contributed by atoms with Gasteiger partial charge in [0.1, 0.15) is 11.4 Å². The lowest BCUT2D eigenvalue weighted by Crippen LogP contribution is -2.27. The van der Waals surface area contributed by atoms with Crippen LogP contribution in [0.15, 0.2) is 71.2 Å². The highest BCUT2D eigenvalue weighted by molar-refractivity contribution is 9.10. The van der Waals surface area contributed by atoms with E-state index in [1.807, 2.05) is 55.5 Å². The van der Waals surface area contributed by atoms with E-state index in [0.29, 0.717) is 27.7 Å². The Morgan fingerprint density at radius 3 is 2.53 bits per heavy atom. The average molecular weight is 560 g/mol. The summed E-state index contributed by atoms with van der Waals surface area (Å²) in [5.41, 5.74) is 4.53. The van der Waals surface area contributed by atoms with E-state index in [-0.39, 0.29) is 11.6 Å². The van der Waals surface area contributed by atoms with Crippen molar-refractivity contribution in [3.05, 3.63) is 92.9 Å². The molecule has 34 heavy (non-hydrogen) atoms. The Bertz CT molecular complexity index is 1500. The van der Waals surface area contributed by atoms with Crippen LogP contribution < -0.4 is 8.92 Å². The van der Waals surface area contributed by atoms with Gasteiger partial charge in [-0.2, -0.15) is 18.2 Å². The molecule has 0 bridgehead atoms. The smallest absolute Gasteiger partial charge is 0.311 e. The first kappa shape index (κ1) is 23.0. The molecule has 2 heterocycles. The molecule has 0 amide bonds. The van der Waals surface area contributed by atoms with Gasteiger partial charge in [-0.05, 0) is 60.5 Å². The number of fused-ring (bicyclic) bond motifs is 1. The lowest BCUT2D eigenvalue weighted by Gasteiger charge is -2.25. The molecule has 1 aromatic heterocycles. The van der Waals surface area contributed by atoms with Gasteiger partial charge in [0.15, 0.2) is 0 Å². The molecule has 4 aromatic rings. The summed E-state index contributed by atoms with van der Waals surface area (Å²) in [5.74, 6) is 0.185. The summed E-state index contributed by atoms with van der Waals surface area (Å²) in [4.78, 5) is 0. The fourth-order valence-corrected chi connectivity index (χ4v) is 5.85. The van der Waals surface area contributed by atoms with Gasteiger partial charge in [0.2, 0.25) is 5.88 Å². The van der Waals surface area contributed by atoms with E-state index >= 15 is 0 Å². The number of aryl methyl sites for hydroxylation is 1. The van der Waals surface area contributed by atoms with Crippen molar-refractivity contribution in [2.75, 3.05) is 12.9 Å². The maximum atomic E-state index is 12.9. The van der Waals surface area contributed by atoms with Crippen LogP contribution in [0.3, 0.4) is 0 Å². The van der Waals surface area contributed by atoms with Crippen molar-refractivity contribution in [3.63, 3.8) is 0 Å². The van der Waals surface area contributed by atoms with E-state index < -0.39 is 16.0 Å². The molecule has 3 aromatic carbocycles. The van der Waals surface area contributed by atoms with Gasteiger partial charge in [0.05, 0.1) is 29.1 Å². The number of para-hydroxylation sites is 1. The van der Waals surface area contributed by atoms with Crippen LogP contribution in [-0.4, -0.2) is 31.1 Å². The highest BCUT2D eigenvalue weighted by Gasteiger charge is 2.39. The van der Waals surface area contributed by atoms with E-state index in [2.05, 4.69) is 15.9 Å². The van der Waals surface area contributed by atoms with Gasteiger partial charge in [0, 0.05) is 16.0 Å². The van der Waals surface area contributed by atoms with Crippen LogP contribution >= 0.6 is 27.5 Å². The minimum absolute atomic E-state index is 0.149. The van der Waals surface area contributed by atoms with E-state index in [1.165, 1.54) is 4.68 Å². The summed E-state index contributed by atoms with van der Waals surface area (Å²) in [5, 5.41) is 5.25. The number of methoxy groups -OCH3 is 1. The number of aromatic nitrogens is 2. The minimum Gasteiger partial charge on any atom is -0.497 e. The lowest BCUT2D eigenvalue weighted by atomic mass is 9.90. The van der Waals surface area contributed by atoms with Gasteiger partial charge in [0.25, 0.3) is 0 Å². The second-order valence-corrected chi connectivity index (χ2v) is 10.9. The molecular formula is C25H20BrClN2O4S. The molecule has 0 N–H and O–H groups in total. The van der Waals surface area contributed by atoms with Crippen molar-refractivity contribution in [1.82, 2.24) is 9.78 Å². The molecule has 6 nitrogen and oxygen atoms in total. The molecule has 0 radical (unpaired) electrons. The molecule has 1 aliphatic rings. The van der Waals surface area contributed by atoms with Crippen molar-refractivity contribution in [2.45, 2.75) is 12.8 Å². The van der Waals surface area contributed by atoms with Crippen molar-refractivity contribution in [1.29, 1.82) is 0 Å². The van der Waals surface area contributed by atoms with Gasteiger partial charge in [-0.3, -0.25) is 0 Å². The first-order chi connectivity index (χ1) is 16.3. The predicted molar refractivity (Wildman–Crippen MR) is 136 cm³/mol. The summed E-state index contributed by atoms with van der Waals surface area (Å²) in [7, 11) is -2.27. The third-order valence-electron chi connectivity index (χ3n) is 5.83. The molecule has 9 heteroatoms. The van der Waals surface area contributed by atoms with Crippen LogP contribution in [-0.2, 0) is 10.1 Å². The number of halogens is 2. The van der Waals surface area contributed by atoms with Crippen LogP contribution in [0.5, 0.6) is 11.6 Å². The van der Waals surface area contributed by atoms with Gasteiger partial charge in [-0.1, -0.05) is 51.8 Å². The maximum absolute atomic E-state index is 12.9. The summed E-state index contributed by atoms with van der Waals surface area (Å²) >= 11 is 10.0. The topological polar surface area (TPSA) is 70.4 Å². The fraction of sp³-hybridized carbons (Fsp3) is 0.160. The summed E-state index contributed by atoms with van der Waals surface area (Å²) in [6.45, 7) is 1.97. The van der Waals surface area contributed by atoms with E-state index in [0.717, 1.165) is 21.2 Å². The molecule has 0 saturated carbocycles. The summed E-state index contributed by atoms with van der Waals surface area (Å²) < 4.78 is 39.2. The minimum atomic E-state index is -3.87. The second kappa shape index (κ2) is 8.76. The van der Waals surface area contributed by atoms with Crippen molar-refractivity contribution in [2.24, 2.45) is 0 Å². The Balaban J connectivity index is 1.81. The van der Waals surface area contributed by atoms with E-state index in [9.17, 15) is 8.42 Å². The number of benzene rings is 3. The van der Waals surface area contributed by atoms with Gasteiger partial charge in [-0.25, -0.2) is 0 Å². The number of rotatable bonds is 4. The zero-order valence-corrected chi connectivity index (χ0v) is 21.5. The van der Waals surface area contributed by atoms with E-state index in [4.69, 9.17) is 25.6 Å². The predicted octanol–water partition coefficient (Wildman–Crippen LogP) is 6.13. The van der Waals surface area contributed by atoms with E-state index in [1.54, 1.807) is 25.3 Å². The Kier molecular flexibility index (Phi) is 5.91. The molecule has 1 atom stereocenters. The van der Waals surface area contributed by atoms with Crippen LogP contribution in [0, 0.1) is 6.92 Å². The fourth-order valence-electron chi connectivity index (χ4n) is 4.15. The van der Waals surface area contributed by atoms with Gasteiger partial charge in [-0.15, -0.1) is 0 Å².